The molecule has 0 bridgehead atoms. The number of piperidine rings is 1. The van der Waals surface area contributed by atoms with Gasteiger partial charge in [-0.15, -0.1) is 0 Å². The number of hydrogen-bond donors (Lipinski definition) is 3. The first-order valence-electron chi connectivity index (χ1n) is 7.73. The molecule has 2 aliphatic rings. The summed E-state index contributed by atoms with van der Waals surface area (Å²) in [5.41, 5.74) is 2.07. The van der Waals surface area contributed by atoms with Crippen molar-refractivity contribution in [2.45, 2.75) is 39.2 Å². The van der Waals surface area contributed by atoms with Crippen LogP contribution in [0.3, 0.4) is 0 Å². The largest absolute Gasteiger partial charge is 0.361 e. The van der Waals surface area contributed by atoms with Crippen molar-refractivity contribution in [3.63, 3.8) is 0 Å². The minimum atomic E-state index is -0.353. The zero-order valence-corrected chi connectivity index (χ0v) is 13.2. The number of hydrogen-bond acceptors (Lipinski definition) is 4. The van der Waals surface area contributed by atoms with Crippen molar-refractivity contribution in [2.24, 2.45) is 0 Å². The molecule has 0 aromatic rings. The van der Waals surface area contributed by atoms with Crippen LogP contribution >= 0.6 is 0 Å². The summed E-state index contributed by atoms with van der Waals surface area (Å²) >= 11 is 0. The van der Waals surface area contributed by atoms with Crippen molar-refractivity contribution in [1.29, 1.82) is 0 Å². The van der Waals surface area contributed by atoms with Crippen LogP contribution in [-0.4, -0.2) is 54.8 Å². The molecule has 2 fully saturated rings. The second kappa shape index (κ2) is 7.29. The Morgan fingerprint density at radius 1 is 0.955 bits per heavy atom. The molecule has 22 heavy (non-hydrogen) atoms. The van der Waals surface area contributed by atoms with Crippen LogP contribution in [0.5, 0.6) is 0 Å². The van der Waals surface area contributed by atoms with Crippen molar-refractivity contribution < 1.29 is 14.4 Å². The Kier molecular flexibility index (Phi) is 5.41. The van der Waals surface area contributed by atoms with E-state index in [1.165, 1.54) is 0 Å². The Hall–Kier alpha value is -2.05. The maximum absolute atomic E-state index is 12.4. The molecule has 2 rings (SSSR count). The van der Waals surface area contributed by atoms with Crippen LogP contribution in [0.15, 0.2) is 11.3 Å². The topological polar surface area (TPSA) is 90.5 Å². The van der Waals surface area contributed by atoms with E-state index in [4.69, 9.17) is 0 Å². The van der Waals surface area contributed by atoms with Gasteiger partial charge in [-0.05, 0) is 33.1 Å². The molecular weight excluding hydrogens is 284 g/mol. The van der Waals surface area contributed by atoms with Crippen LogP contribution in [0.2, 0.25) is 0 Å². The summed E-state index contributed by atoms with van der Waals surface area (Å²) in [6.45, 7) is 4.97. The van der Waals surface area contributed by atoms with Crippen molar-refractivity contribution in [2.75, 3.05) is 26.2 Å². The van der Waals surface area contributed by atoms with Gasteiger partial charge in [-0.1, -0.05) is 5.57 Å². The van der Waals surface area contributed by atoms with Crippen LogP contribution in [-0.2, 0) is 14.4 Å². The molecule has 2 saturated heterocycles. The molecule has 7 nitrogen and oxygen atoms in total. The van der Waals surface area contributed by atoms with Crippen molar-refractivity contribution in [3.05, 3.63) is 11.3 Å². The number of amides is 3. The maximum atomic E-state index is 12.4. The lowest BCUT2D eigenvalue weighted by Gasteiger charge is -2.39. The normalized spacial score (nSPS) is 24.3. The van der Waals surface area contributed by atoms with Gasteiger partial charge in [0.1, 0.15) is 6.04 Å². The number of carbonyl (C=O) groups is 3. The third-order valence-electron chi connectivity index (χ3n) is 4.05. The molecule has 122 valence electrons. The summed E-state index contributed by atoms with van der Waals surface area (Å²) in [6.07, 6.45) is 2.77. The van der Waals surface area contributed by atoms with Crippen LogP contribution in [0, 0.1) is 0 Å². The summed E-state index contributed by atoms with van der Waals surface area (Å²) in [7, 11) is 0. The summed E-state index contributed by atoms with van der Waals surface area (Å²) in [6, 6.07) is -0.275. The van der Waals surface area contributed by atoms with Gasteiger partial charge in [0, 0.05) is 12.2 Å². The second-order valence-electron chi connectivity index (χ2n) is 5.92. The van der Waals surface area contributed by atoms with E-state index in [0.29, 0.717) is 6.54 Å². The average Bonchev–Trinajstić information content (AvgIpc) is 2.50. The van der Waals surface area contributed by atoms with Crippen LogP contribution in [0.1, 0.15) is 33.1 Å². The fourth-order valence-electron chi connectivity index (χ4n) is 2.86. The Morgan fingerprint density at radius 3 is 2.27 bits per heavy atom. The van der Waals surface area contributed by atoms with E-state index in [0.717, 1.165) is 37.1 Å². The molecule has 2 heterocycles. The summed E-state index contributed by atoms with van der Waals surface area (Å²) in [5.74, 6) is -0.707. The monoisotopic (exact) mass is 308 g/mol. The molecule has 0 aliphatic carbocycles. The third kappa shape index (κ3) is 3.99. The number of carbonyl (C=O) groups excluding carboxylic acids is 3. The van der Waals surface area contributed by atoms with Crippen molar-refractivity contribution >= 4 is 17.7 Å². The third-order valence-corrected chi connectivity index (χ3v) is 4.05. The molecule has 3 amide bonds. The predicted octanol–water partition coefficient (Wildman–Crippen LogP) is -0.503. The summed E-state index contributed by atoms with van der Waals surface area (Å²) < 4.78 is 0. The predicted molar refractivity (Wildman–Crippen MR) is 81.7 cm³/mol. The molecule has 0 saturated carbocycles. The van der Waals surface area contributed by atoms with Gasteiger partial charge in [0.15, 0.2) is 0 Å². The molecule has 3 N–H and O–H groups in total. The van der Waals surface area contributed by atoms with Gasteiger partial charge in [0.05, 0.1) is 19.6 Å². The summed E-state index contributed by atoms with van der Waals surface area (Å²) in [5, 5.41) is 7.98. The van der Waals surface area contributed by atoms with E-state index in [1.54, 1.807) is 0 Å². The first-order valence-corrected chi connectivity index (χ1v) is 7.73. The first kappa shape index (κ1) is 16.3. The average molecular weight is 308 g/mol. The van der Waals surface area contributed by atoms with Crippen LogP contribution in [0.4, 0.5) is 0 Å². The molecule has 0 radical (unpaired) electrons. The smallest absolute Gasteiger partial charge is 0.243 e. The van der Waals surface area contributed by atoms with Crippen LogP contribution in [0.25, 0.3) is 0 Å². The lowest BCUT2D eigenvalue weighted by molar-refractivity contribution is -0.130. The number of fused-ring (bicyclic) bond motifs is 1. The molecule has 2 aliphatic heterocycles. The van der Waals surface area contributed by atoms with E-state index in [1.807, 2.05) is 13.8 Å². The van der Waals surface area contributed by atoms with E-state index in [-0.39, 0.29) is 36.9 Å². The molecule has 1 atom stereocenters. The van der Waals surface area contributed by atoms with Crippen molar-refractivity contribution in [3.8, 4) is 0 Å². The summed E-state index contributed by atoms with van der Waals surface area (Å²) in [4.78, 5) is 37.9. The van der Waals surface area contributed by atoms with E-state index in [9.17, 15) is 14.4 Å². The SMILES string of the molecule is CC(C)=C1CNC(=O)CNC(=O)CNC(=O)C2CCCCN12. The lowest BCUT2D eigenvalue weighted by atomic mass is 9.99. The number of nitrogens with one attached hydrogen (secondary N) is 3. The Balaban J connectivity index is 2.25. The lowest BCUT2D eigenvalue weighted by Crippen LogP contribution is -2.53. The number of allylic oxidation sites excluding steroid dienone is 1. The van der Waals surface area contributed by atoms with E-state index >= 15 is 0 Å². The second-order valence-corrected chi connectivity index (χ2v) is 5.92. The quantitative estimate of drug-likeness (QED) is 0.562. The Morgan fingerprint density at radius 2 is 1.59 bits per heavy atom. The standard InChI is InChI=1S/C15H24N4O3/c1-10(2)12-7-16-13(20)8-17-14(21)9-18-15(22)11-5-3-4-6-19(11)12/h11H,3-9H2,1-2H3,(H,16,20)(H,17,21)(H,18,22). The van der Waals surface area contributed by atoms with Gasteiger partial charge in [-0.25, -0.2) is 0 Å². The maximum Gasteiger partial charge on any atom is 0.243 e. The number of rotatable bonds is 0. The molecule has 0 aromatic carbocycles. The van der Waals surface area contributed by atoms with Crippen molar-refractivity contribution in [1.82, 2.24) is 20.9 Å². The van der Waals surface area contributed by atoms with E-state index in [2.05, 4.69) is 20.9 Å². The zero-order chi connectivity index (χ0) is 16.1. The molecule has 0 aromatic heterocycles. The van der Waals surface area contributed by atoms with Gasteiger partial charge in [0.25, 0.3) is 0 Å². The van der Waals surface area contributed by atoms with Gasteiger partial charge in [-0.2, -0.15) is 0 Å². The Labute approximate surface area is 130 Å². The molecule has 7 heteroatoms. The molecular formula is C15H24N4O3. The fourth-order valence-corrected chi connectivity index (χ4v) is 2.86. The minimum absolute atomic E-state index is 0.0752. The van der Waals surface area contributed by atoms with Gasteiger partial charge < -0.3 is 20.9 Å². The minimum Gasteiger partial charge on any atom is -0.361 e. The van der Waals surface area contributed by atoms with Gasteiger partial charge in [-0.3, -0.25) is 14.4 Å². The molecule has 1 unspecified atom stereocenters. The fraction of sp³-hybridized carbons (Fsp3) is 0.667. The van der Waals surface area contributed by atoms with Gasteiger partial charge >= 0.3 is 0 Å². The Bertz CT molecular complexity index is 497. The highest BCUT2D eigenvalue weighted by Gasteiger charge is 2.31. The van der Waals surface area contributed by atoms with Gasteiger partial charge in [0.2, 0.25) is 17.7 Å². The highest BCUT2D eigenvalue weighted by Crippen LogP contribution is 2.23. The highest BCUT2D eigenvalue weighted by atomic mass is 16.2. The van der Waals surface area contributed by atoms with E-state index < -0.39 is 0 Å². The first-order chi connectivity index (χ1) is 10.5. The highest BCUT2D eigenvalue weighted by molar-refractivity contribution is 5.90. The number of nitrogens with zero attached hydrogens (tertiary/aromatic N) is 1. The zero-order valence-electron chi connectivity index (χ0n) is 13.2. The molecule has 0 spiro atoms. The van der Waals surface area contributed by atoms with Crippen LogP contribution < -0.4 is 16.0 Å².